The molecule has 1 N–H and O–H groups in total. The number of halogens is 4. The van der Waals surface area contributed by atoms with E-state index in [-0.39, 0.29) is 18.9 Å². The molecule has 0 saturated carbocycles. The van der Waals surface area contributed by atoms with Crippen LogP contribution in [0.5, 0.6) is 0 Å². The Labute approximate surface area is 131 Å². The fraction of sp³-hybridized carbons (Fsp3) is 0.235. The first kappa shape index (κ1) is 17.0. The van der Waals surface area contributed by atoms with Gasteiger partial charge in [0, 0.05) is 6.54 Å². The first-order valence-electron chi connectivity index (χ1n) is 7.02. The second-order valence-electron chi connectivity index (χ2n) is 5.06. The van der Waals surface area contributed by atoms with E-state index in [1.54, 1.807) is 12.1 Å². The minimum Gasteiger partial charge on any atom is -0.355 e. The van der Waals surface area contributed by atoms with Gasteiger partial charge in [0.1, 0.15) is 5.82 Å². The van der Waals surface area contributed by atoms with Gasteiger partial charge in [0.25, 0.3) is 0 Å². The van der Waals surface area contributed by atoms with Gasteiger partial charge < -0.3 is 5.32 Å². The summed E-state index contributed by atoms with van der Waals surface area (Å²) in [6.45, 7) is 0.276. The predicted molar refractivity (Wildman–Crippen MR) is 78.3 cm³/mol. The molecule has 0 spiro atoms. The van der Waals surface area contributed by atoms with Crippen LogP contribution in [0.2, 0.25) is 0 Å². The van der Waals surface area contributed by atoms with Crippen LogP contribution in [-0.2, 0) is 23.8 Å². The van der Waals surface area contributed by atoms with Gasteiger partial charge in [0.05, 0.1) is 12.0 Å². The second-order valence-corrected chi connectivity index (χ2v) is 5.06. The zero-order valence-electron chi connectivity index (χ0n) is 12.2. The zero-order valence-corrected chi connectivity index (χ0v) is 12.2. The summed E-state index contributed by atoms with van der Waals surface area (Å²) in [5.41, 5.74) is 0.286. The van der Waals surface area contributed by atoms with Gasteiger partial charge in [-0.25, -0.2) is 4.39 Å². The average molecular weight is 325 g/mol. The highest BCUT2D eigenvalue weighted by Crippen LogP contribution is 2.29. The number of carbonyl (C=O) groups excluding carboxylic acids is 1. The van der Waals surface area contributed by atoms with E-state index >= 15 is 0 Å². The van der Waals surface area contributed by atoms with E-state index in [1.165, 1.54) is 24.3 Å². The molecule has 2 aromatic rings. The molecule has 0 aliphatic heterocycles. The van der Waals surface area contributed by atoms with Crippen LogP contribution in [0.25, 0.3) is 0 Å². The van der Waals surface area contributed by atoms with Gasteiger partial charge >= 0.3 is 6.18 Å². The van der Waals surface area contributed by atoms with E-state index in [1.807, 2.05) is 0 Å². The van der Waals surface area contributed by atoms with Crippen LogP contribution in [0, 0.1) is 5.82 Å². The molecule has 2 aromatic carbocycles. The summed E-state index contributed by atoms with van der Waals surface area (Å²) < 4.78 is 50.7. The molecule has 23 heavy (non-hydrogen) atoms. The molecule has 2 nitrogen and oxygen atoms in total. The van der Waals surface area contributed by atoms with Crippen LogP contribution in [0.15, 0.2) is 48.5 Å². The van der Waals surface area contributed by atoms with Crippen molar-refractivity contribution in [3.05, 3.63) is 71.0 Å². The van der Waals surface area contributed by atoms with Crippen molar-refractivity contribution in [3.8, 4) is 0 Å². The molecule has 0 unspecified atom stereocenters. The van der Waals surface area contributed by atoms with Crippen LogP contribution in [0.1, 0.15) is 16.7 Å². The largest absolute Gasteiger partial charge is 0.416 e. The molecule has 0 aromatic heterocycles. The minimum absolute atomic E-state index is 0.0698. The quantitative estimate of drug-likeness (QED) is 0.834. The fourth-order valence-electron chi connectivity index (χ4n) is 2.08. The molecule has 2 rings (SSSR count). The highest BCUT2D eigenvalue weighted by atomic mass is 19.4. The van der Waals surface area contributed by atoms with Crippen molar-refractivity contribution in [1.82, 2.24) is 5.32 Å². The van der Waals surface area contributed by atoms with Crippen molar-refractivity contribution in [2.45, 2.75) is 19.0 Å². The summed E-state index contributed by atoms with van der Waals surface area (Å²) in [5, 5.41) is 2.62. The number of carbonyl (C=O) groups is 1. The number of hydrogen-bond acceptors (Lipinski definition) is 1. The lowest BCUT2D eigenvalue weighted by molar-refractivity contribution is -0.137. The van der Waals surface area contributed by atoms with Crippen molar-refractivity contribution >= 4 is 5.91 Å². The van der Waals surface area contributed by atoms with Gasteiger partial charge in [-0.15, -0.1) is 0 Å². The summed E-state index contributed by atoms with van der Waals surface area (Å²) in [6.07, 6.45) is -4.02. The number of alkyl halides is 3. The van der Waals surface area contributed by atoms with Crippen LogP contribution in [0.3, 0.4) is 0 Å². The van der Waals surface area contributed by atoms with E-state index in [0.717, 1.165) is 12.1 Å². The molecule has 1 amide bonds. The maximum atomic E-state index is 13.4. The number of rotatable bonds is 5. The highest BCUT2D eigenvalue weighted by Gasteiger charge is 2.29. The van der Waals surface area contributed by atoms with Crippen molar-refractivity contribution in [2.75, 3.05) is 6.54 Å². The zero-order chi connectivity index (χ0) is 16.9. The van der Waals surface area contributed by atoms with Gasteiger partial charge in [-0.1, -0.05) is 30.3 Å². The molecule has 0 fully saturated rings. The number of hydrogen-bond donors (Lipinski definition) is 1. The van der Waals surface area contributed by atoms with E-state index in [4.69, 9.17) is 0 Å². The van der Waals surface area contributed by atoms with E-state index < -0.39 is 17.6 Å². The Bertz CT molecular complexity index is 665. The minimum atomic E-state index is -4.35. The standard InChI is InChI=1S/C17H15F4NO/c18-15-4-2-1-3-13(15)11-16(23)22-10-9-12-5-7-14(8-6-12)17(19,20)21/h1-8H,9-11H2,(H,22,23). The SMILES string of the molecule is O=C(Cc1ccccc1F)NCCc1ccc(C(F)(F)F)cc1. The Balaban J connectivity index is 1.81. The van der Waals surface area contributed by atoms with Gasteiger partial charge in [0.15, 0.2) is 0 Å². The molecule has 6 heteroatoms. The first-order chi connectivity index (χ1) is 10.9. The van der Waals surface area contributed by atoms with E-state index in [0.29, 0.717) is 17.5 Å². The third-order valence-corrected chi connectivity index (χ3v) is 3.33. The molecular formula is C17H15F4NO. The lowest BCUT2D eigenvalue weighted by Gasteiger charge is -2.08. The summed E-state index contributed by atoms with van der Waals surface area (Å²) >= 11 is 0. The molecule has 0 heterocycles. The molecule has 0 aliphatic rings. The monoisotopic (exact) mass is 325 g/mol. The Morgan fingerprint density at radius 1 is 1.00 bits per heavy atom. The molecular weight excluding hydrogens is 310 g/mol. The molecule has 0 bridgehead atoms. The van der Waals surface area contributed by atoms with Crippen molar-refractivity contribution in [3.63, 3.8) is 0 Å². The maximum absolute atomic E-state index is 13.4. The third kappa shape index (κ3) is 5.09. The van der Waals surface area contributed by atoms with Gasteiger partial charge in [0.2, 0.25) is 5.91 Å². The molecule has 0 saturated heterocycles. The Morgan fingerprint density at radius 3 is 2.26 bits per heavy atom. The maximum Gasteiger partial charge on any atom is 0.416 e. The Morgan fingerprint density at radius 2 is 1.65 bits per heavy atom. The van der Waals surface area contributed by atoms with Crippen LogP contribution in [0.4, 0.5) is 17.6 Å². The van der Waals surface area contributed by atoms with E-state index in [2.05, 4.69) is 5.32 Å². The summed E-state index contributed by atoms with van der Waals surface area (Å²) in [6, 6.07) is 10.8. The first-order valence-corrected chi connectivity index (χ1v) is 7.02. The highest BCUT2D eigenvalue weighted by molar-refractivity contribution is 5.78. The average Bonchev–Trinajstić information content (AvgIpc) is 2.49. The second kappa shape index (κ2) is 7.26. The van der Waals surface area contributed by atoms with Crippen molar-refractivity contribution in [1.29, 1.82) is 0 Å². The Kier molecular flexibility index (Phi) is 5.36. The van der Waals surface area contributed by atoms with E-state index in [9.17, 15) is 22.4 Å². The smallest absolute Gasteiger partial charge is 0.355 e. The lowest BCUT2D eigenvalue weighted by atomic mass is 10.1. The summed E-state index contributed by atoms with van der Waals surface area (Å²) in [7, 11) is 0. The molecule has 0 aliphatic carbocycles. The third-order valence-electron chi connectivity index (χ3n) is 3.33. The van der Waals surface area contributed by atoms with Crippen LogP contribution in [-0.4, -0.2) is 12.5 Å². The van der Waals surface area contributed by atoms with Gasteiger partial charge in [-0.2, -0.15) is 13.2 Å². The summed E-state index contributed by atoms with van der Waals surface area (Å²) in [4.78, 5) is 11.7. The molecule has 0 atom stereocenters. The Hall–Kier alpha value is -2.37. The topological polar surface area (TPSA) is 29.1 Å². The van der Waals surface area contributed by atoms with Crippen molar-refractivity contribution < 1.29 is 22.4 Å². The number of benzene rings is 2. The summed E-state index contributed by atoms with van der Waals surface area (Å²) in [5.74, 6) is -0.771. The number of nitrogens with one attached hydrogen (secondary N) is 1. The molecule has 122 valence electrons. The van der Waals surface area contributed by atoms with Crippen LogP contribution >= 0.6 is 0 Å². The fourth-order valence-corrected chi connectivity index (χ4v) is 2.08. The lowest BCUT2D eigenvalue weighted by Crippen LogP contribution is -2.27. The van der Waals surface area contributed by atoms with Crippen LogP contribution < -0.4 is 5.32 Å². The predicted octanol–water partition coefficient (Wildman–Crippen LogP) is 3.75. The number of amides is 1. The van der Waals surface area contributed by atoms with Crippen molar-refractivity contribution in [2.24, 2.45) is 0 Å². The van der Waals surface area contributed by atoms with Gasteiger partial charge in [-0.3, -0.25) is 4.79 Å². The molecule has 0 radical (unpaired) electrons. The van der Waals surface area contributed by atoms with Gasteiger partial charge in [-0.05, 0) is 35.7 Å². The normalized spacial score (nSPS) is 11.3.